The fraction of sp³-hybridized carbons (Fsp3) is 0.278. The molecule has 0 atom stereocenters. The van der Waals surface area contributed by atoms with Crippen LogP contribution in [-0.2, 0) is 5.41 Å². The number of hydrogen-bond donors (Lipinski definition) is 1. The molecule has 0 aromatic heterocycles. The Morgan fingerprint density at radius 1 is 1.00 bits per heavy atom. The molecule has 2 aromatic carbocycles. The van der Waals surface area contributed by atoms with Gasteiger partial charge in [0.15, 0.2) is 11.5 Å². The van der Waals surface area contributed by atoms with Crippen molar-refractivity contribution in [2.45, 2.75) is 26.2 Å². The summed E-state index contributed by atoms with van der Waals surface area (Å²) >= 11 is 0. The average Bonchev–Trinajstić information content (AvgIpc) is 2.47. The Morgan fingerprint density at radius 2 is 1.68 bits per heavy atom. The summed E-state index contributed by atoms with van der Waals surface area (Å²) in [6, 6.07) is 14.7. The van der Waals surface area contributed by atoms with Crippen molar-refractivity contribution in [3.63, 3.8) is 0 Å². The van der Waals surface area contributed by atoms with Gasteiger partial charge < -0.3 is 9.47 Å². The minimum atomic E-state index is -0.548. The van der Waals surface area contributed by atoms with Crippen LogP contribution < -0.4 is 14.8 Å². The molecule has 0 saturated heterocycles. The largest absolute Gasteiger partial charge is 0.493 e. The summed E-state index contributed by atoms with van der Waals surface area (Å²) in [5, 5.41) is 2.67. The zero-order valence-corrected chi connectivity index (χ0v) is 13.3. The molecule has 0 heterocycles. The number of para-hydroxylation sites is 1. The van der Waals surface area contributed by atoms with E-state index in [1.54, 1.807) is 25.3 Å². The maximum atomic E-state index is 11.9. The van der Waals surface area contributed by atoms with Gasteiger partial charge in [0.05, 0.1) is 7.11 Å². The van der Waals surface area contributed by atoms with Gasteiger partial charge in [-0.25, -0.2) is 4.79 Å². The SMILES string of the molecule is COc1cc(C(C)(C)C)ccc1OC(=O)Nc1ccccc1. The molecule has 22 heavy (non-hydrogen) atoms. The molecule has 0 radical (unpaired) electrons. The summed E-state index contributed by atoms with van der Waals surface area (Å²) < 4.78 is 10.7. The van der Waals surface area contributed by atoms with E-state index >= 15 is 0 Å². The number of ether oxygens (including phenoxy) is 2. The van der Waals surface area contributed by atoms with Crippen molar-refractivity contribution >= 4 is 11.8 Å². The molecule has 0 aliphatic rings. The lowest BCUT2D eigenvalue weighted by atomic mass is 9.87. The van der Waals surface area contributed by atoms with Crippen molar-refractivity contribution in [3.05, 3.63) is 54.1 Å². The summed E-state index contributed by atoms with van der Waals surface area (Å²) in [4.78, 5) is 11.9. The number of carbonyl (C=O) groups excluding carboxylic acids is 1. The van der Waals surface area contributed by atoms with Crippen LogP contribution in [0, 0.1) is 0 Å². The Labute approximate surface area is 131 Å². The summed E-state index contributed by atoms with van der Waals surface area (Å²) in [6.45, 7) is 6.35. The molecule has 116 valence electrons. The van der Waals surface area contributed by atoms with Crippen molar-refractivity contribution < 1.29 is 14.3 Å². The van der Waals surface area contributed by atoms with Crippen LogP contribution in [-0.4, -0.2) is 13.2 Å². The molecule has 0 unspecified atom stereocenters. The normalized spacial score (nSPS) is 10.9. The second-order valence-electron chi connectivity index (χ2n) is 6.00. The molecule has 0 bridgehead atoms. The molecular formula is C18H21NO3. The minimum Gasteiger partial charge on any atom is -0.493 e. The van der Waals surface area contributed by atoms with Gasteiger partial charge in [-0.1, -0.05) is 45.0 Å². The van der Waals surface area contributed by atoms with E-state index in [1.165, 1.54) is 0 Å². The van der Waals surface area contributed by atoms with Crippen molar-refractivity contribution in [3.8, 4) is 11.5 Å². The van der Waals surface area contributed by atoms with Crippen LogP contribution in [0.4, 0.5) is 10.5 Å². The van der Waals surface area contributed by atoms with E-state index in [1.807, 2.05) is 30.3 Å². The molecule has 0 spiro atoms. The van der Waals surface area contributed by atoms with Crippen molar-refractivity contribution in [1.29, 1.82) is 0 Å². The first kappa shape index (κ1) is 15.9. The molecule has 2 aromatic rings. The highest BCUT2D eigenvalue weighted by atomic mass is 16.6. The first-order valence-electron chi connectivity index (χ1n) is 7.12. The van der Waals surface area contributed by atoms with E-state index in [-0.39, 0.29) is 5.41 Å². The van der Waals surface area contributed by atoms with E-state index in [2.05, 4.69) is 26.1 Å². The minimum absolute atomic E-state index is 0.00188. The molecule has 4 heteroatoms. The van der Waals surface area contributed by atoms with E-state index in [4.69, 9.17) is 9.47 Å². The van der Waals surface area contributed by atoms with Crippen molar-refractivity contribution in [2.24, 2.45) is 0 Å². The molecule has 0 saturated carbocycles. The third-order valence-electron chi connectivity index (χ3n) is 3.25. The first-order valence-corrected chi connectivity index (χ1v) is 7.12. The second kappa shape index (κ2) is 6.52. The summed E-state index contributed by atoms with van der Waals surface area (Å²) in [7, 11) is 1.56. The number of benzene rings is 2. The van der Waals surface area contributed by atoms with Gasteiger partial charge in [-0.15, -0.1) is 0 Å². The highest BCUT2D eigenvalue weighted by Crippen LogP contribution is 2.33. The Bertz CT molecular complexity index is 645. The summed E-state index contributed by atoms with van der Waals surface area (Å²) in [5.41, 5.74) is 1.79. The Morgan fingerprint density at radius 3 is 2.27 bits per heavy atom. The highest BCUT2D eigenvalue weighted by molar-refractivity contribution is 5.86. The van der Waals surface area contributed by atoms with Gasteiger partial charge in [0, 0.05) is 5.69 Å². The second-order valence-corrected chi connectivity index (χ2v) is 6.00. The zero-order chi connectivity index (χ0) is 16.2. The number of amides is 1. The number of nitrogens with one attached hydrogen (secondary N) is 1. The standard InChI is InChI=1S/C18H21NO3/c1-18(2,3)13-10-11-15(16(12-13)21-4)22-17(20)19-14-8-6-5-7-9-14/h5-12H,1-4H3,(H,19,20). The molecule has 4 nitrogen and oxygen atoms in total. The molecule has 0 aliphatic heterocycles. The van der Waals surface area contributed by atoms with Crippen LogP contribution in [0.25, 0.3) is 0 Å². The third kappa shape index (κ3) is 4.01. The number of carbonyl (C=O) groups is 1. The van der Waals surface area contributed by atoms with E-state index < -0.39 is 6.09 Å². The van der Waals surface area contributed by atoms with Crippen LogP contribution in [0.2, 0.25) is 0 Å². The predicted octanol–water partition coefficient (Wildman–Crippen LogP) is 4.60. The van der Waals surface area contributed by atoms with Gasteiger partial charge in [-0.3, -0.25) is 5.32 Å². The van der Waals surface area contributed by atoms with Crippen LogP contribution in [0.5, 0.6) is 11.5 Å². The molecule has 1 amide bonds. The van der Waals surface area contributed by atoms with Crippen molar-refractivity contribution in [2.75, 3.05) is 12.4 Å². The average molecular weight is 299 g/mol. The molecule has 0 fully saturated rings. The molecule has 0 aliphatic carbocycles. The van der Waals surface area contributed by atoms with Gasteiger partial charge in [-0.05, 0) is 35.2 Å². The van der Waals surface area contributed by atoms with Crippen LogP contribution in [0.3, 0.4) is 0 Å². The van der Waals surface area contributed by atoms with Gasteiger partial charge in [0.1, 0.15) is 0 Å². The third-order valence-corrected chi connectivity index (χ3v) is 3.25. The lowest BCUT2D eigenvalue weighted by Gasteiger charge is -2.20. The van der Waals surface area contributed by atoms with E-state index in [0.29, 0.717) is 17.2 Å². The van der Waals surface area contributed by atoms with Gasteiger partial charge >= 0.3 is 6.09 Å². The maximum absolute atomic E-state index is 11.9. The highest BCUT2D eigenvalue weighted by Gasteiger charge is 2.17. The van der Waals surface area contributed by atoms with Crippen LogP contribution in [0.1, 0.15) is 26.3 Å². The fourth-order valence-electron chi connectivity index (χ4n) is 1.98. The number of rotatable bonds is 3. The van der Waals surface area contributed by atoms with E-state index in [0.717, 1.165) is 5.56 Å². The monoisotopic (exact) mass is 299 g/mol. The molecule has 2 rings (SSSR count). The van der Waals surface area contributed by atoms with Gasteiger partial charge in [-0.2, -0.15) is 0 Å². The maximum Gasteiger partial charge on any atom is 0.417 e. The quantitative estimate of drug-likeness (QED) is 0.900. The van der Waals surface area contributed by atoms with Gasteiger partial charge in [0.25, 0.3) is 0 Å². The molecule has 1 N–H and O–H groups in total. The number of hydrogen-bond acceptors (Lipinski definition) is 3. The summed E-state index contributed by atoms with van der Waals surface area (Å²) in [5.74, 6) is 0.930. The number of methoxy groups -OCH3 is 1. The lowest BCUT2D eigenvalue weighted by molar-refractivity contribution is 0.213. The zero-order valence-electron chi connectivity index (χ0n) is 13.3. The van der Waals surface area contributed by atoms with Crippen LogP contribution in [0.15, 0.2) is 48.5 Å². The van der Waals surface area contributed by atoms with Crippen LogP contribution >= 0.6 is 0 Å². The van der Waals surface area contributed by atoms with Crippen molar-refractivity contribution in [1.82, 2.24) is 0 Å². The van der Waals surface area contributed by atoms with E-state index in [9.17, 15) is 4.79 Å². The first-order chi connectivity index (χ1) is 10.4. The predicted molar refractivity (Wildman–Crippen MR) is 87.8 cm³/mol. The fourth-order valence-corrected chi connectivity index (χ4v) is 1.98. The Kier molecular flexibility index (Phi) is 4.71. The summed E-state index contributed by atoms with van der Waals surface area (Å²) in [6.07, 6.45) is -0.548. The lowest BCUT2D eigenvalue weighted by Crippen LogP contribution is -2.17. The van der Waals surface area contributed by atoms with Gasteiger partial charge in [0.2, 0.25) is 0 Å². The Hall–Kier alpha value is -2.49. The smallest absolute Gasteiger partial charge is 0.417 e. The topological polar surface area (TPSA) is 47.6 Å². The molecular weight excluding hydrogens is 278 g/mol. The number of anilines is 1. The Balaban J connectivity index is 2.14.